The minimum absolute atomic E-state index is 0.0477. The molecule has 4 bridgehead atoms. The largest absolute Gasteiger partial charge is 0.507 e. The Labute approximate surface area is 159 Å². The van der Waals surface area contributed by atoms with Crippen LogP contribution >= 0.6 is 0 Å². The Bertz CT molecular complexity index is 984. The fourth-order valence-corrected chi connectivity index (χ4v) is 6.74. The van der Waals surface area contributed by atoms with Gasteiger partial charge in [-0.1, -0.05) is 24.3 Å². The number of benzene rings is 2. The molecule has 27 heavy (non-hydrogen) atoms. The van der Waals surface area contributed by atoms with E-state index in [4.69, 9.17) is 10.7 Å². The summed E-state index contributed by atoms with van der Waals surface area (Å²) in [5, 5.41) is 16.0. The molecular formula is C23H25N3O. The van der Waals surface area contributed by atoms with Gasteiger partial charge >= 0.3 is 0 Å². The summed E-state index contributed by atoms with van der Waals surface area (Å²) in [6, 6.07) is 10.2. The third-order valence-corrected chi connectivity index (χ3v) is 7.25. The van der Waals surface area contributed by atoms with Gasteiger partial charge < -0.3 is 16.2 Å². The van der Waals surface area contributed by atoms with Crippen molar-refractivity contribution < 1.29 is 5.11 Å². The summed E-state index contributed by atoms with van der Waals surface area (Å²) < 4.78 is 0. The molecule has 0 radical (unpaired) electrons. The second kappa shape index (κ2) is 5.28. The van der Waals surface area contributed by atoms with E-state index in [9.17, 15) is 5.11 Å². The number of hydrogen-bond acceptors (Lipinski definition) is 2. The van der Waals surface area contributed by atoms with Gasteiger partial charge in [0.05, 0.1) is 11.2 Å². The van der Waals surface area contributed by atoms with Gasteiger partial charge in [-0.2, -0.15) is 0 Å². The van der Waals surface area contributed by atoms with E-state index in [0.717, 1.165) is 45.3 Å². The van der Waals surface area contributed by atoms with E-state index in [1.165, 1.54) is 38.5 Å². The van der Waals surface area contributed by atoms with E-state index in [2.05, 4.69) is 17.4 Å². The predicted molar refractivity (Wildman–Crippen MR) is 111 cm³/mol. The lowest BCUT2D eigenvalue weighted by Crippen LogP contribution is -2.50. The molecule has 5 aliphatic rings. The lowest BCUT2D eigenvalue weighted by Gasteiger charge is -2.54. The van der Waals surface area contributed by atoms with Crippen molar-refractivity contribution in [2.45, 2.75) is 44.1 Å². The molecule has 0 spiro atoms. The van der Waals surface area contributed by atoms with Crippen molar-refractivity contribution in [1.29, 1.82) is 0 Å². The highest BCUT2D eigenvalue weighted by molar-refractivity contribution is 6.12. The van der Waals surface area contributed by atoms with Gasteiger partial charge in [0.2, 0.25) is 0 Å². The zero-order valence-electron chi connectivity index (χ0n) is 15.4. The van der Waals surface area contributed by atoms with Gasteiger partial charge in [-0.3, -0.25) is 0 Å². The Morgan fingerprint density at radius 1 is 1.04 bits per heavy atom. The van der Waals surface area contributed by atoms with Crippen molar-refractivity contribution in [3.63, 3.8) is 0 Å². The summed E-state index contributed by atoms with van der Waals surface area (Å²) in [6.07, 6.45) is 9.62. The van der Waals surface area contributed by atoms with Gasteiger partial charge in [-0.15, -0.1) is 0 Å². The molecule has 2 aromatic carbocycles. The molecule has 7 rings (SSSR count). The van der Waals surface area contributed by atoms with Crippen LogP contribution in [0.25, 0.3) is 22.6 Å². The number of nitrogens with zero attached hydrogens (tertiary/aromatic N) is 1. The lowest BCUT2D eigenvalue weighted by molar-refractivity contribution is 0.00164. The fourth-order valence-electron chi connectivity index (χ4n) is 6.74. The van der Waals surface area contributed by atoms with Gasteiger partial charge in [0.25, 0.3) is 0 Å². The lowest BCUT2D eigenvalue weighted by atomic mass is 9.53. The maximum Gasteiger partial charge on any atom is 0.193 e. The third kappa shape index (κ3) is 2.32. The van der Waals surface area contributed by atoms with Crippen LogP contribution in [0, 0.1) is 17.8 Å². The van der Waals surface area contributed by atoms with Crippen LogP contribution in [-0.2, 0) is 0 Å². The summed E-state index contributed by atoms with van der Waals surface area (Å²) in [4.78, 5) is 5.04. The van der Waals surface area contributed by atoms with Crippen LogP contribution in [0.4, 0.5) is 5.69 Å². The first-order valence-electron chi connectivity index (χ1n) is 10.2. The van der Waals surface area contributed by atoms with Gasteiger partial charge in [0, 0.05) is 10.9 Å². The van der Waals surface area contributed by atoms with E-state index in [1.807, 2.05) is 24.3 Å². The van der Waals surface area contributed by atoms with Crippen molar-refractivity contribution in [2.24, 2.45) is 28.5 Å². The highest BCUT2D eigenvalue weighted by Gasteiger charge is 2.51. The standard InChI is InChI=1S/C23H25N3O/c24-22(26-23-10-13-6-14(11-23)8-15(7-13)12-23)25-18-5-4-16-2-1-3-17-9-19(27)21(18)20(16)17/h1-5,9,13-15,27H,6-8,10-12H2,(H3,24,25,26). The number of nitrogens with two attached hydrogens (primary N) is 1. The molecule has 4 saturated carbocycles. The number of nitrogens with one attached hydrogen (secondary N) is 1. The highest BCUT2D eigenvalue weighted by atomic mass is 16.3. The first-order valence-corrected chi connectivity index (χ1v) is 10.2. The summed E-state index contributed by atoms with van der Waals surface area (Å²) >= 11 is 0. The van der Waals surface area contributed by atoms with E-state index in [0.29, 0.717) is 11.7 Å². The molecule has 138 valence electrons. The zero-order chi connectivity index (χ0) is 18.2. The molecule has 0 amide bonds. The monoisotopic (exact) mass is 359 g/mol. The zero-order valence-corrected chi connectivity index (χ0v) is 15.4. The summed E-state index contributed by atoms with van der Waals surface area (Å²) in [7, 11) is 0. The van der Waals surface area contributed by atoms with Gasteiger partial charge in [0.15, 0.2) is 5.96 Å². The van der Waals surface area contributed by atoms with Crippen molar-refractivity contribution >= 4 is 34.3 Å². The molecule has 0 atom stereocenters. The molecule has 0 aliphatic heterocycles. The maximum absolute atomic E-state index is 10.5. The van der Waals surface area contributed by atoms with Gasteiger partial charge in [0.1, 0.15) is 5.76 Å². The molecule has 0 unspecified atom stereocenters. The smallest absolute Gasteiger partial charge is 0.193 e. The third-order valence-electron chi connectivity index (χ3n) is 7.25. The molecule has 4 heteroatoms. The summed E-state index contributed by atoms with van der Waals surface area (Å²) in [6.45, 7) is 0. The normalized spacial score (nSPS) is 33.6. The maximum atomic E-state index is 10.5. The van der Waals surface area contributed by atoms with Crippen molar-refractivity contribution in [3.8, 4) is 0 Å². The average molecular weight is 359 g/mol. The summed E-state index contributed by atoms with van der Waals surface area (Å²) in [5.41, 5.74) is 9.18. The molecule has 5 aliphatic carbocycles. The van der Waals surface area contributed by atoms with E-state index < -0.39 is 0 Å². The first-order chi connectivity index (χ1) is 13.1. The number of anilines is 1. The van der Waals surface area contributed by atoms with E-state index in [1.54, 1.807) is 0 Å². The molecule has 4 nitrogen and oxygen atoms in total. The average Bonchev–Trinajstić information content (AvgIpc) is 2.94. The Balaban J connectivity index is 1.35. The Hall–Kier alpha value is -2.49. The van der Waals surface area contributed by atoms with Gasteiger partial charge in [-0.25, -0.2) is 4.99 Å². The van der Waals surface area contributed by atoms with Crippen LogP contribution in [0.2, 0.25) is 0 Å². The van der Waals surface area contributed by atoms with Crippen LogP contribution in [0.15, 0.2) is 35.3 Å². The molecule has 4 fully saturated rings. The van der Waals surface area contributed by atoms with Crippen LogP contribution < -0.4 is 11.1 Å². The predicted octanol–water partition coefficient (Wildman–Crippen LogP) is 4.90. The second-order valence-electron chi connectivity index (χ2n) is 9.23. The van der Waals surface area contributed by atoms with Crippen molar-refractivity contribution in [2.75, 3.05) is 5.32 Å². The molecule has 0 heterocycles. The Morgan fingerprint density at radius 2 is 1.74 bits per heavy atom. The molecule has 2 aromatic rings. The highest BCUT2D eigenvalue weighted by Crippen LogP contribution is 2.57. The number of rotatable bonds is 2. The van der Waals surface area contributed by atoms with Crippen LogP contribution in [0.3, 0.4) is 0 Å². The molecule has 4 N–H and O–H groups in total. The van der Waals surface area contributed by atoms with Crippen LogP contribution in [0.5, 0.6) is 0 Å². The van der Waals surface area contributed by atoms with Crippen molar-refractivity contribution in [1.82, 2.24) is 0 Å². The number of aliphatic hydroxyl groups excluding tert-OH is 1. The fraction of sp³-hybridized carbons (Fsp3) is 0.435. The van der Waals surface area contributed by atoms with E-state index >= 15 is 0 Å². The number of aliphatic hydroxyl groups is 1. The molecule has 0 saturated heterocycles. The van der Waals surface area contributed by atoms with Gasteiger partial charge in [-0.05, 0) is 79.4 Å². The quantitative estimate of drug-likeness (QED) is 0.527. The Morgan fingerprint density at radius 3 is 2.44 bits per heavy atom. The van der Waals surface area contributed by atoms with Crippen LogP contribution in [0.1, 0.15) is 49.7 Å². The number of hydrogen-bond donors (Lipinski definition) is 3. The summed E-state index contributed by atoms with van der Waals surface area (Å²) in [5.74, 6) is 3.33. The molecule has 0 aromatic heterocycles. The Kier molecular flexibility index (Phi) is 3.04. The SMILES string of the molecule is NC(=NC12CC3CC(CC(C3)C1)C2)Nc1ccc2cccc3c2c1C(O)=C3. The van der Waals surface area contributed by atoms with Crippen molar-refractivity contribution in [3.05, 3.63) is 41.5 Å². The van der Waals surface area contributed by atoms with E-state index in [-0.39, 0.29) is 5.54 Å². The van der Waals surface area contributed by atoms with Crippen LogP contribution in [-0.4, -0.2) is 16.6 Å². The molecular weight excluding hydrogens is 334 g/mol. The topological polar surface area (TPSA) is 70.6 Å². The minimum atomic E-state index is 0.0477. The second-order valence-corrected chi connectivity index (χ2v) is 9.23. The first kappa shape index (κ1) is 15.6. The number of aliphatic imine (C=N–C) groups is 1. The number of guanidine groups is 1. The minimum Gasteiger partial charge on any atom is -0.507 e.